The van der Waals surface area contributed by atoms with Crippen LogP contribution in [-0.4, -0.2) is 69.0 Å². The lowest BCUT2D eigenvalue weighted by atomic mass is 9.59. The predicted molar refractivity (Wildman–Crippen MR) is 113 cm³/mol. The van der Waals surface area contributed by atoms with Crippen molar-refractivity contribution in [3.05, 3.63) is 50.8 Å². The van der Waals surface area contributed by atoms with Crippen molar-refractivity contribution in [2.24, 2.45) is 17.6 Å². The molecule has 3 aliphatic carbocycles. The van der Waals surface area contributed by atoms with E-state index in [1.807, 2.05) is 0 Å². The Morgan fingerprint density at radius 3 is 2.44 bits per heavy atom. The summed E-state index contributed by atoms with van der Waals surface area (Å²) in [5.74, 6) is -5.65. The maximum Gasteiger partial charge on any atom is 0.255 e. The summed E-state index contributed by atoms with van der Waals surface area (Å²) in [5.41, 5.74) is 2.58. The summed E-state index contributed by atoms with van der Waals surface area (Å²) >= 11 is 6.28. The number of aliphatic hydroxyl groups is 3. The van der Waals surface area contributed by atoms with E-state index in [9.17, 15) is 34.8 Å². The SMILES string of the molecule is CN(C)[C@@H]1C(=O)C(C(N)=O)=C(O)C2C(O)C3=C(C[C@H]21)[C@@](C)(O)c1c(Cl)ccc(O)c1C3=O. The molecule has 2 unspecified atom stereocenters. The van der Waals surface area contributed by atoms with Crippen LogP contribution in [0.25, 0.3) is 0 Å². The Balaban J connectivity index is 1.99. The number of fused-ring (bicyclic) bond motifs is 2. The fourth-order valence-corrected chi connectivity index (χ4v) is 5.86. The highest BCUT2D eigenvalue weighted by Gasteiger charge is 2.57. The number of ketones is 2. The van der Waals surface area contributed by atoms with Crippen LogP contribution in [0.1, 0.15) is 29.3 Å². The number of Topliss-reactive ketones (excluding diaryl/α,β-unsaturated/α-hetero) is 2. The molecule has 0 saturated carbocycles. The van der Waals surface area contributed by atoms with Gasteiger partial charge < -0.3 is 26.2 Å². The summed E-state index contributed by atoms with van der Waals surface area (Å²) in [5, 5.41) is 43.9. The first-order valence-electron chi connectivity index (χ1n) is 9.96. The summed E-state index contributed by atoms with van der Waals surface area (Å²) in [4.78, 5) is 39.9. The average Bonchev–Trinajstić information content (AvgIpc) is 2.66. The number of carbonyl (C=O) groups is 3. The van der Waals surface area contributed by atoms with Crippen LogP contribution in [0.4, 0.5) is 0 Å². The number of primary amides is 1. The Bertz CT molecular complexity index is 1150. The van der Waals surface area contributed by atoms with Crippen molar-refractivity contribution in [1.29, 1.82) is 0 Å². The molecule has 0 spiro atoms. The topological polar surface area (TPSA) is 161 Å². The van der Waals surface area contributed by atoms with Gasteiger partial charge in [-0.25, -0.2) is 0 Å². The molecular weight excluding hydrogens is 440 g/mol. The van der Waals surface area contributed by atoms with Crippen molar-refractivity contribution in [2.75, 3.05) is 14.1 Å². The van der Waals surface area contributed by atoms with Crippen LogP contribution >= 0.6 is 11.6 Å². The second-order valence-electron chi connectivity index (χ2n) is 8.85. The Morgan fingerprint density at radius 1 is 1.25 bits per heavy atom. The summed E-state index contributed by atoms with van der Waals surface area (Å²) in [6.07, 6.45) is -1.72. The Labute approximate surface area is 188 Å². The molecule has 0 aliphatic heterocycles. The first-order valence-corrected chi connectivity index (χ1v) is 10.3. The zero-order valence-corrected chi connectivity index (χ0v) is 18.3. The number of benzene rings is 1. The molecular formula is C22H23ClN2O7. The molecule has 170 valence electrons. The molecule has 6 N–H and O–H groups in total. The van der Waals surface area contributed by atoms with E-state index in [-0.39, 0.29) is 33.7 Å². The fourth-order valence-electron chi connectivity index (χ4n) is 5.52. The Morgan fingerprint density at radius 2 is 1.88 bits per heavy atom. The minimum atomic E-state index is -1.84. The molecule has 10 heteroatoms. The van der Waals surface area contributed by atoms with Gasteiger partial charge in [-0.15, -0.1) is 0 Å². The van der Waals surface area contributed by atoms with E-state index in [1.54, 1.807) is 19.0 Å². The number of nitrogens with zero attached hydrogens (tertiary/aromatic N) is 1. The third-order valence-corrected chi connectivity index (χ3v) is 7.15. The molecule has 9 nitrogen and oxygen atoms in total. The third-order valence-electron chi connectivity index (χ3n) is 6.84. The number of amides is 1. The van der Waals surface area contributed by atoms with E-state index < -0.39 is 64.1 Å². The fraction of sp³-hybridized carbons (Fsp3) is 0.409. The van der Waals surface area contributed by atoms with Gasteiger partial charge in [-0.05, 0) is 51.1 Å². The highest BCUT2D eigenvalue weighted by atomic mass is 35.5. The molecule has 1 aromatic rings. The van der Waals surface area contributed by atoms with Gasteiger partial charge in [-0.1, -0.05) is 11.6 Å². The standard InChI is InChI=1S/C22H23ClN2O7/c1-22(32)8-6-7-11(18(28)14(21(24)31)20(30)16(7)25(2)3)17(27)12(8)19(29)13-10(26)5-4-9(23)15(13)22/h4-5,7,11,16-17,26-28,32H,6H2,1-3H3,(H2,24,31)/t7-,11?,16+,17?,22-/m1/s1. The molecule has 32 heavy (non-hydrogen) atoms. The van der Waals surface area contributed by atoms with Gasteiger partial charge >= 0.3 is 0 Å². The number of rotatable bonds is 2. The maximum atomic E-state index is 13.4. The van der Waals surface area contributed by atoms with Gasteiger partial charge in [-0.2, -0.15) is 0 Å². The predicted octanol–water partition coefficient (Wildman–Crippen LogP) is 0.553. The minimum absolute atomic E-state index is 0.00898. The lowest BCUT2D eigenvalue weighted by molar-refractivity contribution is -0.128. The van der Waals surface area contributed by atoms with Gasteiger partial charge in [0.2, 0.25) is 0 Å². The van der Waals surface area contributed by atoms with Gasteiger partial charge in [0.05, 0.1) is 23.6 Å². The number of aromatic hydroxyl groups is 1. The van der Waals surface area contributed by atoms with E-state index in [0.717, 1.165) is 0 Å². The first kappa shape index (κ1) is 22.5. The number of halogens is 1. The molecule has 0 aromatic heterocycles. The summed E-state index contributed by atoms with van der Waals surface area (Å²) in [6.45, 7) is 1.39. The third kappa shape index (κ3) is 2.78. The van der Waals surface area contributed by atoms with Crippen LogP contribution < -0.4 is 5.73 Å². The Kier molecular flexibility index (Phi) is 5.02. The van der Waals surface area contributed by atoms with Crippen molar-refractivity contribution >= 4 is 29.1 Å². The highest BCUT2D eigenvalue weighted by Crippen LogP contribution is 2.54. The number of phenolic OH excluding ortho intramolecular Hbond substituents is 1. The first-order chi connectivity index (χ1) is 14.8. The number of hydrogen-bond acceptors (Lipinski definition) is 8. The molecule has 0 heterocycles. The molecule has 0 saturated heterocycles. The van der Waals surface area contributed by atoms with Crippen molar-refractivity contribution < 1.29 is 34.8 Å². The summed E-state index contributed by atoms with van der Waals surface area (Å²) in [6, 6.07) is 1.61. The van der Waals surface area contributed by atoms with Crippen LogP contribution in [0, 0.1) is 11.8 Å². The highest BCUT2D eigenvalue weighted by molar-refractivity contribution is 6.33. The molecule has 4 rings (SSSR count). The molecule has 0 fully saturated rings. The molecule has 5 atom stereocenters. The van der Waals surface area contributed by atoms with E-state index in [1.165, 1.54) is 19.1 Å². The average molecular weight is 463 g/mol. The number of aliphatic hydroxyl groups excluding tert-OH is 2. The van der Waals surface area contributed by atoms with Crippen molar-refractivity contribution in [2.45, 2.75) is 31.1 Å². The van der Waals surface area contributed by atoms with E-state index in [2.05, 4.69) is 0 Å². The zero-order valence-electron chi connectivity index (χ0n) is 17.6. The number of phenols is 1. The van der Waals surface area contributed by atoms with Gasteiger partial charge in [0.25, 0.3) is 5.91 Å². The van der Waals surface area contributed by atoms with Crippen molar-refractivity contribution in [3.8, 4) is 5.75 Å². The molecule has 0 radical (unpaired) electrons. The van der Waals surface area contributed by atoms with E-state index >= 15 is 0 Å². The van der Waals surface area contributed by atoms with Crippen molar-refractivity contribution in [1.82, 2.24) is 4.90 Å². The lowest BCUT2D eigenvalue weighted by Gasteiger charge is -2.49. The summed E-state index contributed by atoms with van der Waals surface area (Å²) in [7, 11) is 3.20. The zero-order chi connectivity index (χ0) is 23.9. The van der Waals surface area contributed by atoms with Gasteiger partial charge in [-0.3, -0.25) is 19.3 Å². The van der Waals surface area contributed by atoms with Gasteiger partial charge in [0.15, 0.2) is 11.6 Å². The minimum Gasteiger partial charge on any atom is -0.511 e. The van der Waals surface area contributed by atoms with Gasteiger partial charge in [0.1, 0.15) is 22.7 Å². The van der Waals surface area contributed by atoms with Crippen LogP contribution in [0.5, 0.6) is 5.75 Å². The molecule has 1 aromatic carbocycles. The smallest absolute Gasteiger partial charge is 0.255 e. The lowest BCUT2D eigenvalue weighted by Crippen LogP contribution is -2.57. The van der Waals surface area contributed by atoms with E-state index in [4.69, 9.17) is 17.3 Å². The normalized spacial score (nSPS) is 32.1. The van der Waals surface area contributed by atoms with Gasteiger partial charge in [0, 0.05) is 16.2 Å². The van der Waals surface area contributed by atoms with Crippen LogP contribution in [0.3, 0.4) is 0 Å². The maximum absolute atomic E-state index is 13.4. The number of likely N-dealkylation sites (N-methyl/N-ethyl adjacent to an activating group) is 1. The molecule has 1 amide bonds. The Hall–Kier alpha value is -2.72. The van der Waals surface area contributed by atoms with Crippen LogP contribution in [-0.2, 0) is 15.2 Å². The van der Waals surface area contributed by atoms with Crippen LogP contribution in [0.2, 0.25) is 5.02 Å². The number of hydrogen-bond donors (Lipinski definition) is 5. The monoisotopic (exact) mass is 462 g/mol. The second-order valence-corrected chi connectivity index (χ2v) is 9.25. The second kappa shape index (κ2) is 7.14. The quantitative estimate of drug-likeness (QED) is 0.398. The molecule has 3 aliphatic rings. The number of nitrogens with two attached hydrogens (primary N) is 1. The molecule has 0 bridgehead atoms. The number of carbonyl (C=O) groups excluding carboxylic acids is 3. The van der Waals surface area contributed by atoms with Crippen LogP contribution in [0.15, 0.2) is 34.6 Å². The summed E-state index contributed by atoms with van der Waals surface area (Å²) < 4.78 is 0. The van der Waals surface area contributed by atoms with E-state index in [0.29, 0.717) is 0 Å². The van der Waals surface area contributed by atoms with Crippen molar-refractivity contribution in [3.63, 3.8) is 0 Å². The largest absolute Gasteiger partial charge is 0.511 e.